The van der Waals surface area contributed by atoms with Gasteiger partial charge in [0.05, 0.1) is 9.79 Å². The summed E-state index contributed by atoms with van der Waals surface area (Å²) in [6.07, 6.45) is 1.65. The third-order valence-corrected chi connectivity index (χ3v) is 6.74. The SMILES string of the molecule is CC(C)C(C)NS(=O)(=O)c1cccc(S(=O)(=O)NC2CC2)c1. The predicted molar refractivity (Wildman–Crippen MR) is 84.4 cm³/mol. The van der Waals surface area contributed by atoms with E-state index in [2.05, 4.69) is 9.44 Å². The van der Waals surface area contributed by atoms with Crippen LogP contribution in [0.2, 0.25) is 0 Å². The Bertz CT molecular complexity index is 738. The van der Waals surface area contributed by atoms with Crippen LogP contribution in [0.25, 0.3) is 0 Å². The number of benzene rings is 1. The second kappa shape index (κ2) is 6.27. The molecule has 22 heavy (non-hydrogen) atoms. The second-order valence-electron chi connectivity index (χ2n) is 6.02. The van der Waals surface area contributed by atoms with E-state index in [1.54, 1.807) is 6.92 Å². The number of sulfonamides is 2. The molecule has 2 rings (SSSR count). The number of hydrogen-bond acceptors (Lipinski definition) is 4. The molecule has 8 heteroatoms. The minimum Gasteiger partial charge on any atom is -0.208 e. The van der Waals surface area contributed by atoms with Crippen LogP contribution >= 0.6 is 0 Å². The molecular formula is C14H22N2O4S2. The van der Waals surface area contributed by atoms with Gasteiger partial charge in [0, 0.05) is 12.1 Å². The molecule has 0 saturated heterocycles. The molecular weight excluding hydrogens is 324 g/mol. The summed E-state index contributed by atoms with van der Waals surface area (Å²) < 4.78 is 54.1. The molecule has 0 bridgehead atoms. The monoisotopic (exact) mass is 346 g/mol. The molecule has 1 atom stereocenters. The van der Waals surface area contributed by atoms with Crippen molar-refractivity contribution in [3.05, 3.63) is 24.3 Å². The lowest BCUT2D eigenvalue weighted by Gasteiger charge is -2.17. The molecule has 1 unspecified atom stereocenters. The number of rotatable bonds is 7. The largest absolute Gasteiger partial charge is 0.240 e. The van der Waals surface area contributed by atoms with Gasteiger partial charge >= 0.3 is 0 Å². The average molecular weight is 346 g/mol. The molecule has 0 radical (unpaired) electrons. The minimum atomic E-state index is -3.74. The molecule has 6 nitrogen and oxygen atoms in total. The lowest BCUT2D eigenvalue weighted by molar-refractivity contribution is 0.476. The van der Waals surface area contributed by atoms with Gasteiger partial charge in [-0.3, -0.25) is 0 Å². The lowest BCUT2D eigenvalue weighted by atomic mass is 10.1. The van der Waals surface area contributed by atoms with Crippen molar-refractivity contribution < 1.29 is 16.8 Å². The third-order valence-electron chi connectivity index (χ3n) is 3.67. The Labute approximate surface area is 132 Å². The van der Waals surface area contributed by atoms with Gasteiger partial charge in [0.2, 0.25) is 20.0 Å². The van der Waals surface area contributed by atoms with Crippen LogP contribution in [0, 0.1) is 5.92 Å². The number of hydrogen-bond donors (Lipinski definition) is 2. The summed E-state index contributed by atoms with van der Waals surface area (Å²) in [5, 5.41) is 0. The van der Waals surface area contributed by atoms with Gasteiger partial charge in [0.15, 0.2) is 0 Å². The van der Waals surface area contributed by atoms with Crippen LogP contribution in [-0.2, 0) is 20.0 Å². The Balaban J connectivity index is 2.27. The van der Waals surface area contributed by atoms with Crippen molar-refractivity contribution in [3.63, 3.8) is 0 Å². The van der Waals surface area contributed by atoms with Crippen molar-refractivity contribution in [1.29, 1.82) is 0 Å². The zero-order valence-electron chi connectivity index (χ0n) is 12.9. The van der Waals surface area contributed by atoms with E-state index in [0.717, 1.165) is 12.8 Å². The third kappa shape index (κ3) is 4.28. The number of nitrogens with one attached hydrogen (secondary N) is 2. The van der Waals surface area contributed by atoms with Crippen molar-refractivity contribution >= 4 is 20.0 Å². The van der Waals surface area contributed by atoms with Gasteiger partial charge in [-0.25, -0.2) is 26.3 Å². The average Bonchev–Trinajstić information content (AvgIpc) is 3.21. The molecule has 0 heterocycles. The van der Waals surface area contributed by atoms with E-state index in [9.17, 15) is 16.8 Å². The topological polar surface area (TPSA) is 92.3 Å². The summed E-state index contributed by atoms with van der Waals surface area (Å²) >= 11 is 0. The highest BCUT2D eigenvalue weighted by Crippen LogP contribution is 2.23. The fourth-order valence-corrected chi connectivity index (χ4v) is 4.61. The van der Waals surface area contributed by atoms with E-state index in [4.69, 9.17) is 0 Å². The first-order chi connectivity index (χ1) is 10.1. The van der Waals surface area contributed by atoms with Gasteiger partial charge in [-0.05, 0) is 43.9 Å². The quantitative estimate of drug-likeness (QED) is 0.781. The molecule has 0 aromatic heterocycles. The maximum Gasteiger partial charge on any atom is 0.240 e. The fraction of sp³-hybridized carbons (Fsp3) is 0.571. The van der Waals surface area contributed by atoms with Gasteiger partial charge < -0.3 is 0 Å². The molecule has 124 valence electrons. The molecule has 1 fully saturated rings. The summed E-state index contributed by atoms with van der Waals surface area (Å²) in [5.41, 5.74) is 0. The maximum absolute atomic E-state index is 12.3. The van der Waals surface area contributed by atoms with Crippen molar-refractivity contribution in [2.75, 3.05) is 0 Å². The van der Waals surface area contributed by atoms with Crippen molar-refractivity contribution in [3.8, 4) is 0 Å². The highest BCUT2D eigenvalue weighted by atomic mass is 32.2. The standard InChI is InChI=1S/C14H22N2O4S2/c1-10(2)11(3)15-21(17,18)13-5-4-6-14(9-13)22(19,20)16-12-7-8-12/h4-6,9-12,15-16H,7-8H2,1-3H3. The smallest absolute Gasteiger partial charge is 0.208 e. The van der Waals surface area contributed by atoms with Gasteiger partial charge in [0.1, 0.15) is 0 Å². The molecule has 0 spiro atoms. The van der Waals surface area contributed by atoms with Crippen LogP contribution in [0.4, 0.5) is 0 Å². The summed E-state index contributed by atoms with van der Waals surface area (Å²) in [7, 11) is -7.41. The summed E-state index contributed by atoms with van der Waals surface area (Å²) in [6.45, 7) is 5.60. The van der Waals surface area contributed by atoms with Crippen molar-refractivity contribution in [2.24, 2.45) is 5.92 Å². The normalized spacial score (nSPS) is 17.6. The van der Waals surface area contributed by atoms with Crippen molar-refractivity contribution in [2.45, 2.75) is 55.5 Å². The van der Waals surface area contributed by atoms with Crippen LogP contribution in [0.1, 0.15) is 33.6 Å². The van der Waals surface area contributed by atoms with Crippen LogP contribution < -0.4 is 9.44 Å². The van der Waals surface area contributed by atoms with Crippen LogP contribution in [0.3, 0.4) is 0 Å². The Morgan fingerprint density at radius 1 is 1.00 bits per heavy atom. The zero-order chi connectivity index (χ0) is 16.5. The molecule has 1 aliphatic rings. The highest BCUT2D eigenvalue weighted by Gasteiger charge is 2.29. The van der Waals surface area contributed by atoms with Crippen LogP contribution in [0.15, 0.2) is 34.1 Å². The van der Waals surface area contributed by atoms with Gasteiger partial charge in [-0.2, -0.15) is 0 Å². The second-order valence-corrected chi connectivity index (χ2v) is 9.45. The first-order valence-corrected chi connectivity index (χ1v) is 10.2. The first-order valence-electron chi connectivity index (χ1n) is 7.26. The Morgan fingerprint density at radius 2 is 1.55 bits per heavy atom. The van der Waals surface area contributed by atoms with Crippen molar-refractivity contribution in [1.82, 2.24) is 9.44 Å². The molecule has 0 amide bonds. The van der Waals surface area contributed by atoms with Gasteiger partial charge in [-0.1, -0.05) is 19.9 Å². The molecule has 1 aromatic rings. The minimum absolute atomic E-state index is 0.0237. The molecule has 1 saturated carbocycles. The van der Waals surface area contributed by atoms with E-state index in [-0.39, 0.29) is 27.8 Å². The zero-order valence-corrected chi connectivity index (χ0v) is 14.5. The molecule has 1 aromatic carbocycles. The Morgan fingerprint density at radius 3 is 2.05 bits per heavy atom. The fourth-order valence-electron chi connectivity index (χ4n) is 1.75. The Hall–Kier alpha value is -0.960. The molecule has 2 N–H and O–H groups in total. The van der Waals surface area contributed by atoms with E-state index < -0.39 is 20.0 Å². The summed E-state index contributed by atoms with van der Waals surface area (Å²) in [4.78, 5) is -0.0712. The van der Waals surface area contributed by atoms with E-state index in [1.807, 2.05) is 13.8 Å². The molecule has 1 aliphatic carbocycles. The molecule has 0 aliphatic heterocycles. The maximum atomic E-state index is 12.3. The highest BCUT2D eigenvalue weighted by molar-refractivity contribution is 7.90. The van der Waals surface area contributed by atoms with E-state index in [0.29, 0.717) is 0 Å². The first kappa shape index (κ1) is 17.4. The lowest BCUT2D eigenvalue weighted by Crippen LogP contribution is -2.36. The summed E-state index contributed by atoms with van der Waals surface area (Å²) in [5.74, 6) is 0.137. The summed E-state index contributed by atoms with van der Waals surface area (Å²) in [6, 6.07) is 5.16. The Kier molecular flexibility index (Phi) is 4.96. The van der Waals surface area contributed by atoms with Gasteiger partial charge in [-0.15, -0.1) is 0 Å². The van der Waals surface area contributed by atoms with E-state index >= 15 is 0 Å². The van der Waals surface area contributed by atoms with Crippen LogP contribution in [0.5, 0.6) is 0 Å². The van der Waals surface area contributed by atoms with E-state index in [1.165, 1.54) is 24.3 Å². The van der Waals surface area contributed by atoms with Crippen LogP contribution in [-0.4, -0.2) is 28.9 Å². The van der Waals surface area contributed by atoms with Gasteiger partial charge in [0.25, 0.3) is 0 Å². The predicted octanol–water partition coefficient (Wildman–Crippen LogP) is 1.45.